The average Bonchev–Trinajstić information content (AvgIpc) is 2.49. The van der Waals surface area contributed by atoms with E-state index in [9.17, 15) is 4.79 Å². The second kappa shape index (κ2) is 5.13. The van der Waals surface area contributed by atoms with E-state index in [0.29, 0.717) is 0 Å². The summed E-state index contributed by atoms with van der Waals surface area (Å²) in [7, 11) is 0. The highest BCUT2D eigenvalue weighted by Gasteiger charge is 2.20. The van der Waals surface area contributed by atoms with Gasteiger partial charge in [0, 0.05) is 23.9 Å². The number of carbonyl (C=O) groups is 1. The SMILES string of the molecule is CC(C)C(=O)N1CCCc2cc(S)ccc2C1. The molecule has 92 valence electrons. The van der Waals surface area contributed by atoms with Gasteiger partial charge >= 0.3 is 0 Å². The predicted molar refractivity (Wildman–Crippen MR) is 72.3 cm³/mol. The third-order valence-electron chi connectivity index (χ3n) is 3.23. The van der Waals surface area contributed by atoms with Gasteiger partial charge in [0.25, 0.3) is 0 Å². The number of benzene rings is 1. The summed E-state index contributed by atoms with van der Waals surface area (Å²) >= 11 is 4.37. The Balaban J connectivity index is 2.23. The van der Waals surface area contributed by atoms with Crippen molar-refractivity contribution in [2.75, 3.05) is 6.54 Å². The molecule has 0 fully saturated rings. The van der Waals surface area contributed by atoms with E-state index in [-0.39, 0.29) is 11.8 Å². The summed E-state index contributed by atoms with van der Waals surface area (Å²) in [5.74, 6) is 0.341. The van der Waals surface area contributed by atoms with Crippen LogP contribution in [0.3, 0.4) is 0 Å². The van der Waals surface area contributed by atoms with Gasteiger partial charge in [0.05, 0.1) is 0 Å². The van der Waals surface area contributed by atoms with Gasteiger partial charge in [-0.25, -0.2) is 0 Å². The van der Waals surface area contributed by atoms with E-state index >= 15 is 0 Å². The first-order chi connectivity index (χ1) is 8.08. The summed E-state index contributed by atoms with van der Waals surface area (Å²) in [6, 6.07) is 6.23. The van der Waals surface area contributed by atoms with Crippen LogP contribution in [-0.2, 0) is 17.8 Å². The van der Waals surface area contributed by atoms with Crippen LogP contribution >= 0.6 is 12.6 Å². The van der Waals surface area contributed by atoms with Gasteiger partial charge in [0.15, 0.2) is 0 Å². The molecule has 1 aromatic carbocycles. The third-order valence-corrected chi connectivity index (χ3v) is 3.51. The fourth-order valence-electron chi connectivity index (χ4n) is 2.30. The Bertz CT molecular complexity index is 428. The van der Waals surface area contributed by atoms with Crippen LogP contribution in [0.15, 0.2) is 23.1 Å². The molecule has 2 rings (SSSR count). The lowest BCUT2D eigenvalue weighted by atomic mass is 10.0. The molecule has 1 aromatic rings. The second-order valence-electron chi connectivity index (χ2n) is 4.97. The molecule has 17 heavy (non-hydrogen) atoms. The smallest absolute Gasteiger partial charge is 0.225 e. The summed E-state index contributed by atoms with van der Waals surface area (Å²) in [5, 5.41) is 0. The summed E-state index contributed by atoms with van der Waals surface area (Å²) in [5.41, 5.74) is 2.62. The van der Waals surface area contributed by atoms with Crippen molar-refractivity contribution in [3.05, 3.63) is 29.3 Å². The summed E-state index contributed by atoms with van der Waals surface area (Å²) in [4.78, 5) is 15.0. The monoisotopic (exact) mass is 249 g/mol. The van der Waals surface area contributed by atoms with Gasteiger partial charge in [0.2, 0.25) is 5.91 Å². The molecule has 1 amide bonds. The molecule has 1 heterocycles. The number of carbonyl (C=O) groups excluding carboxylic acids is 1. The zero-order valence-corrected chi connectivity index (χ0v) is 11.3. The quantitative estimate of drug-likeness (QED) is 0.759. The van der Waals surface area contributed by atoms with Crippen LogP contribution < -0.4 is 0 Å². The highest BCUT2D eigenvalue weighted by molar-refractivity contribution is 7.80. The van der Waals surface area contributed by atoms with Crippen LogP contribution in [0, 0.1) is 5.92 Å². The molecular formula is C14H19NOS. The minimum Gasteiger partial charge on any atom is -0.338 e. The van der Waals surface area contributed by atoms with E-state index in [0.717, 1.165) is 30.8 Å². The number of hydrogen-bond acceptors (Lipinski definition) is 2. The zero-order chi connectivity index (χ0) is 12.4. The van der Waals surface area contributed by atoms with Gasteiger partial charge in [-0.05, 0) is 36.1 Å². The van der Waals surface area contributed by atoms with Crippen LogP contribution in [0.4, 0.5) is 0 Å². The molecule has 3 heteroatoms. The Kier molecular flexibility index (Phi) is 3.77. The minimum absolute atomic E-state index is 0.0840. The Morgan fingerprint density at radius 3 is 2.82 bits per heavy atom. The van der Waals surface area contributed by atoms with E-state index in [1.807, 2.05) is 24.8 Å². The Hall–Kier alpha value is -0.960. The molecule has 2 nitrogen and oxygen atoms in total. The maximum atomic E-state index is 12.0. The van der Waals surface area contributed by atoms with Crippen LogP contribution in [0.1, 0.15) is 31.4 Å². The molecular weight excluding hydrogens is 230 g/mol. The summed E-state index contributed by atoms with van der Waals surface area (Å²) in [6.45, 7) is 5.55. The Morgan fingerprint density at radius 2 is 2.12 bits per heavy atom. The van der Waals surface area contributed by atoms with Crippen LogP contribution in [0.25, 0.3) is 0 Å². The molecule has 0 bridgehead atoms. The molecule has 1 aliphatic rings. The van der Waals surface area contributed by atoms with Crippen molar-refractivity contribution in [3.63, 3.8) is 0 Å². The Morgan fingerprint density at radius 1 is 1.35 bits per heavy atom. The van der Waals surface area contributed by atoms with Crippen molar-refractivity contribution in [1.82, 2.24) is 4.90 Å². The average molecular weight is 249 g/mol. The maximum Gasteiger partial charge on any atom is 0.225 e. The van der Waals surface area contributed by atoms with E-state index in [4.69, 9.17) is 0 Å². The maximum absolute atomic E-state index is 12.0. The van der Waals surface area contributed by atoms with E-state index in [2.05, 4.69) is 24.8 Å². The van der Waals surface area contributed by atoms with Crippen molar-refractivity contribution >= 4 is 18.5 Å². The fourth-order valence-corrected chi connectivity index (χ4v) is 2.53. The number of rotatable bonds is 1. The van der Waals surface area contributed by atoms with Gasteiger partial charge in [-0.2, -0.15) is 0 Å². The number of aryl methyl sites for hydroxylation is 1. The lowest BCUT2D eigenvalue weighted by Crippen LogP contribution is -2.33. The molecule has 0 saturated heterocycles. The molecule has 0 atom stereocenters. The Labute approximate surface area is 108 Å². The normalized spacial score (nSPS) is 15.6. The van der Waals surface area contributed by atoms with Gasteiger partial charge in [0.1, 0.15) is 0 Å². The van der Waals surface area contributed by atoms with Crippen molar-refractivity contribution in [1.29, 1.82) is 0 Å². The highest BCUT2D eigenvalue weighted by atomic mass is 32.1. The topological polar surface area (TPSA) is 20.3 Å². The predicted octanol–water partition coefficient (Wildman–Crippen LogP) is 2.91. The van der Waals surface area contributed by atoms with Gasteiger partial charge in [-0.3, -0.25) is 4.79 Å². The number of hydrogen-bond donors (Lipinski definition) is 1. The molecule has 0 N–H and O–H groups in total. The molecule has 0 saturated carbocycles. The lowest BCUT2D eigenvalue weighted by molar-refractivity contribution is -0.135. The molecule has 0 radical (unpaired) electrons. The first kappa shape index (κ1) is 12.5. The van der Waals surface area contributed by atoms with Crippen LogP contribution in [0.2, 0.25) is 0 Å². The number of nitrogens with zero attached hydrogens (tertiary/aromatic N) is 1. The molecule has 0 unspecified atom stereocenters. The van der Waals surface area contributed by atoms with Crippen molar-refractivity contribution < 1.29 is 4.79 Å². The minimum atomic E-state index is 0.0840. The molecule has 0 aromatic heterocycles. The largest absolute Gasteiger partial charge is 0.338 e. The van der Waals surface area contributed by atoms with Crippen molar-refractivity contribution in [2.24, 2.45) is 5.92 Å². The van der Waals surface area contributed by atoms with E-state index in [1.165, 1.54) is 11.1 Å². The standard InChI is InChI=1S/C14H19NOS/c1-10(2)14(16)15-7-3-4-11-8-13(17)6-5-12(11)9-15/h5-6,8,10,17H,3-4,7,9H2,1-2H3. The number of fused-ring (bicyclic) bond motifs is 1. The highest BCUT2D eigenvalue weighted by Crippen LogP contribution is 2.22. The molecule has 1 aliphatic heterocycles. The first-order valence-electron chi connectivity index (χ1n) is 6.17. The van der Waals surface area contributed by atoms with Gasteiger partial charge in [-0.1, -0.05) is 19.9 Å². The lowest BCUT2D eigenvalue weighted by Gasteiger charge is -2.23. The van der Waals surface area contributed by atoms with Gasteiger partial charge in [-0.15, -0.1) is 12.6 Å². The van der Waals surface area contributed by atoms with Crippen LogP contribution in [0.5, 0.6) is 0 Å². The third kappa shape index (κ3) is 2.83. The molecule has 0 spiro atoms. The van der Waals surface area contributed by atoms with Crippen molar-refractivity contribution in [3.8, 4) is 0 Å². The molecule has 0 aliphatic carbocycles. The second-order valence-corrected chi connectivity index (χ2v) is 5.49. The summed E-state index contributed by atoms with van der Waals surface area (Å²) < 4.78 is 0. The van der Waals surface area contributed by atoms with E-state index < -0.39 is 0 Å². The summed E-state index contributed by atoms with van der Waals surface area (Å²) in [6.07, 6.45) is 2.09. The fraction of sp³-hybridized carbons (Fsp3) is 0.500. The van der Waals surface area contributed by atoms with Crippen LogP contribution in [-0.4, -0.2) is 17.4 Å². The zero-order valence-electron chi connectivity index (χ0n) is 10.4. The number of thiol groups is 1. The first-order valence-corrected chi connectivity index (χ1v) is 6.62. The van der Waals surface area contributed by atoms with E-state index in [1.54, 1.807) is 0 Å². The number of amides is 1. The van der Waals surface area contributed by atoms with Crippen molar-refractivity contribution in [2.45, 2.75) is 38.1 Å². The van der Waals surface area contributed by atoms with Gasteiger partial charge < -0.3 is 4.90 Å².